The highest BCUT2D eigenvalue weighted by atomic mass is 35.5. The minimum Gasteiger partial charge on any atom is -0.481 e. The third-order valence-corrected chi connectivity index (χ3v) is 5.60. The maximum absolute atomic E-state index is 12.4. The Bertz CT molecular complexity index is 980. The molecule has 0 bridgehead atoms. The molecule has 0 aliphatic carbocycles. The molecule has 0 aliphatic heterocycles. The van der Waals surface area contributed by atoms with Crippen LogP contribution in [0.15, 0.2) is 42.6 Å². The second kappa shape index (κ2) is 8.76. The molecule has 28 heavy (non-hydrogen) atoms. The van der Waals surface area contributed by atoms with Crippen LogP contribution in [0.5, 0.6) is 5.75 Å². The van der Waals surface area contributed by atoms with Crippen LogP contribution in [0.25, 0.3) is 0 Å². The highest BCUT2D eigenvalue weighted by Crippen LogP contribution is 2.24. The van der Waals surface area contributed by atoms with E-state index < -0.39 is 6.10 Å². The van der Waals surface area contributed by atoms with Gasteiger partial charge in [0, 0.05) is 22.5 Å². The molecule has 0 saturated heterocycles. The second-order valence-electron chi connectivity index (χ2n) is 6.96. The largest absolute Gasteiger partial charge is 0.481 e. The fraction of sp³-hybridized carbons (Fsp3) is 0.273. The summed E-state index contributed by atoms with van der Waals surface area (Å²) in [6, 6.07) is 11.9. The Balaban J connectivity index is 1.60. The maximum atomic E-state index is 12.4. The predicted molar refractivity (Wildman–Crippen MR) is 116 cm³/mol. The van der Waals surface area contributed by atoms with Gasteiger partial charge in [0.25, 0.3) is 5.91 Å². The zero-order valence-corrected chi connectivity index (χ0v) is 17.9. The van der Waals surface area contributed by atoms with Gasteiger partial charge in [0.1, 0.15) is 5.75 Å². The first-order valence-corrected chi connectivity index (χ1v) is 10.2. The number of hydrogen-bond acceptors (Lipinski definition) is 4. The molecule has 2 aromatic carbocycles. The van der Waals surface area contributed by atoms with Crippen LogP contribution >= 0.6 is 22.9 Å². The Morgan fingerprint density at radius 2 is 1.89 bits per heavy atom. The monoisotopic (exact) mass is 414 g/mol. The molecule has 1 heterocycles. The molecule has 4 nitrogen and oxygen atoms in total. The van der Waals surface area contributed by atoms with Gasteiger partial charge in [-0.3, -0.25) is 10.1 Å². The fourth-order valence-corrected chi connectivity index (χ4v) is 3.91. The zero-order valence-electron chi connectivity index (χ0n) is 16.4. The van der Waals surface area contributed by atoms with Crippen molar-refractivity contribution in [2.45, 2.75) is 40.2 Å². The van der Waals surface area contributed by atoms with Crippen LogP contribution in [-0.4, -0.2) is 17.0 Å². The number of nitrogens with zero attached hydrogens (tertiary/aromatic N) is 1. The first kappa shape index (κ1) is 20.4. The third-order valence-electron chi connectivity index (χ3n) is 4.28. The topological polar surface area (TPSA) is 51.2 Å². The number of anilines is 1. The summed E-state index contributed by atoms with van der Waals surface area (Å²) in [4.78, 5) is 17.8. The van der Waals surface area contributed by atoms with Gasteiger partial charge in [-0.15, -0.1) is 11.3 Å². The summed E-state index contributed by atoms with van der Waals surface area (Å²) in [6.07, 6.45) is 1.88. The lowest BCUT2D eigenvalue weighted by Crippen LogP contribution is -2.30. The van der Waals surface area contributed by atoms with Gasteiger partial charge in [0.15, 0.2) is 11.2 Å². The van der Waals surface area contributed by atoms with Gasteiger partial charge >= 0.3 is 0 Å². The number of benzene rings is 2. The number of rotatable bonds is 6. The summed E-state index contributed by atoms with van der Waals surface area (Å²) < 4.78 is 5.79. The lowest BCUT2D eigenvalue weighted by atomic mass is 10.1. The number of amides is 1. The molecule has 1 atom stereocenters. The third kappa shape index (κ3) is 5.33. The molecular formula is C22H23ClN2O2S. The average molecular weight is 415 g/mol. The highest BCUT2D eigenvalue weighted by Gasteiger charge is 2.17. The van der Waals surface area contributed by atoms with Crippen molar-refractivity contribution < 1.29 is 9.53 Å². The van der Waals surface area contributed by atoms with E-state index in [0.717, 1.165) is 38.6 Å². The van der Waals surface area contributed by atoms with Crippen molar-refractivity contribution in [1.82, 2.24) is 4.98 Å². The standard InChI is InChI=1S/C22H23ClN2O2S/c1-13-7-14(2)9-18(8-13)27-16(4)21(26)25-22-24-12-19(28-22)10-17-6-5-15(3)20(23)11-17/h5-9,11-12,16H,10H2,1-4H3,(H,24,25,26). The Labute approximate surface area is 174 Å². The van der Waals surface area contributed by atoms with Crippen molar-refractivity contribution in [3.8, 4) is 5.75 Å². The molecule has 3 aromatic rings. The molecule has 0 fully saturated rings. The van der Waals surface area contributed by atoms with Gasteiger partial charge in [0.2, 0.25) is 0 Å². The van der Waals surface area contributed by atoms with E-state index in [9.17, 15) is 4.79 Å². The van der Waals surface area contributed by atoms with Crippen LogP contribution in [-0.2, 0) is 11.2 Å². The van der Waals surface area contributed by atoms with E-state index >= 15 is 0 Å². The number of nitrogens with one attached hydrogen (secondary N) is 1. The number of halogens is 1. The maximum Gasteiger partial charge on any atom is 0.266 e. The molecule has 1 N–H and O–H groups in total. The summed E-state index contributed by atoms with van der Waals surface area (Å²) in [5.74, 6) is 0.467. The molecule has 0 radical (unpaired) electrons. The molecule has 3 rings (SSSR count). The number of ether oxygens (including phenoxy) is 1. The van der Waals surface area contributed by atoms with Crippen molar-refractivity contribution in [2.75, 3.05) is 5.32 Å². The average Bonchev–Trinajstić information content (AvgIpc) is 3.04. The van der Waals surface area contributed by atoms with Gasteiger partial charge in [0.05, 0.1) is 0 Å². The van der Waals surface area contributed by atoms with Crippen molar-refractivity contribution >= 4 is 34.0 Å². The van der Waals surface area contributed by atoms with E-state index in [0.29, 0.717) is 10.9 Å². The van der Waals surface area contributed by atoms with Crippen LogP contribution in [0.3, 0.4) is 0 Å². The molecular weight excluding hydrogens is 392 g/mol. The first-order chi connectivity index (χ1) is 13.3. The van der Waals surface area contributed by atoms with E-state index in [2.05, 4.69) is 22.4 Å². The van der Waals surface area contributed by atoms with E-state index in [1.54, 1.807) is 13.1 Å². The quantitative estimate of drug-likeness (QED) is 0.561. The number of aromatic nitrogens is 1. The van der Waals surface area contributed by atoms with E-state index in [4.69, 9.17) is 16.3 Å². The van der Waals surface area contributed by atoms with Crippen LogP contribution in [0.1, 0.15) is 34.1 Å². The molecule has 1 aromatic heterocycles. The Hall–Kier alpha value is -2.37. The Morgan fingerprint density at radius 3 is 2.57 bits per heavy atom. The molecule has 1 amide bonds. The predicted octanol–water partition coefficient (Wildman–Crippen LogP) is 5.72. The van der Waals surface area contributed by atoms with Crippen molar-refractivity contribution in [2.24, 2.45) is 0 Å². The minimum atomic E-state index is -0.621. The molecule has 0 saturated carbocycles. The van der Waals surface area contributed by atoms with Crippen molar-refractivity contribution in [1.29, 1.82) is 0 Å². The Kier molecular flexibility index (Phi) is 6.37. The van der Waals surface area contributed by atoms with Crippen molar-refractivity contribution in [3.63, 3.8) is 0 Å². The number of hydrogen-bond donors (Lipinski definition) is 1. The van der Waals surface area contributed by atoms with Gasteiger partial charge in [-0.05, 0) is 68.1 Å². The summed E-state index contributed by atoms with van der Waals surface area (Å²) in [5, 5.41) is 4.16. The smallest absolute Gasteiger partial charge is 0.266 e. The molecule has 0 spiro atoms. The van der Waals surface area contributed by atoms with E-state index in [1.165, 1.54) is 11.3 Å². The number of thiazole rings is 1. The van der Waals surface area contributed by atoms with Crippen LogP contribution in [0.2, 0.25) is 5.02 Å². The normalized spacial score (nSPS) is 11.9. The summed E-state index contributed by atoms with van der Waals surface area (Å²) in [5.41, 5.74) is 4.37. The second-order valence-corrected chi connectivity index (χ2v) is 8.49. The summed E-state index contributed by atoms with van der Waals surface area (Å²) in [6.45, 7) is 7.72. The van der Waals surface area contributed by atoms with Crippen LogP contribution < -0.4 is 10.1 Å². The fourth-order valence-electron chi connectivity index (χ4n) is 2.86. The van der Waals surface area contributed by atoms with E-state index in [-0.39, 0.29) is 5.91 Å². The van der Waals surface area contributed by atoms with Crippen LogP contribution in [0, 0.1) is 20.8 Å². The lowest BCUT2D eigenvalue weighted by molar-refractivity contribution is -0.122. The van der Waals surface area contributed by atoms with Gasteiger partial charge in [-0.2, -0.15) is 0 Å². The molecule has 1 unspecified atom stereocenters. The number of aryl methyl sites for hydroxylation is 3. The Morgan fingerprint density at radius 1 is 1.18 bits per heavy atom. The first-order valence-electron chi connectivity index (χ1n) is 9.05. The molecule has 146 valence electrons. The summed E-state index contributed by atoms with van der Waals surface area (Å²) in [7, 11) is 0. The van der Waals surface area contributed by atoms with Gasteiger partial charge < -0.3 is 4.74 Å². The minimum absolute atomic E-state index is 0.224. The summed E-state index contributed by atoms with van der Waals surface area (Å²) >= 11 is 7.64. The van der Waals surface area contributed by atoms with E-state index in [1.807, 2.05) is 45.0 Å². The molecule has 6 heteroatoms. The van der Waals surface area contributed by atoms with Crippen LogP contribution in [0.4, 0.5) is 5.13 Å². The number of carbonyl (C=O) groups excluding carboxylic acids is 1. The molecule has 0 aliphatic rings. The zero-order chi connectivity index (χ0) is 20.3. The lowest BCUT2D eigenvalue weighted by Gasteiger charge is -2.14. The van der Waals surface area contributed by atoms with Gasteiger partial charge in [-0.1, -0.05) is 29.8 Å². The van der Waals surface area contributed by atoms with Crippen molar-refractivity contribution in [3.05, 3.63) is 74.7 Å². The SMILES string of the molecule is Cc1cc(C)cc(OC(C)C(=O)Nc2ncc(Cc3ccc(C)c(Cl)c3)s2)c1. The highest BCUT2D eigenvalue weighted by molar-refractivity contribution is 7.15. The van der Waals surface area contributed by atoms with Gasteiger partial charge in [-0.25, -0.2) is 4.98 Å². The number of carbonyl (C=O) groups is 1.